The van der Waals surface area contributed by atoms with Gasteiger partial charge in [-0.3, -0.25) is 14.4 Å². The summed E-state index contributed by atoms with van der Waals surface area (Å²) in [6.07, 6.45) is 2.41. The Morgan fingerprint density at radius 3 is 2.81 bits per heavy atom. The molecular formula is C14H19N3O4. The fourth-order valence-corrected chi connectivity index (χ4v) is 2.54. The van der Waals surface area contributed by atoms with Gasteiger partial charge < -0.3 is 10.4 Å². The Hall–Kier alpha value is -2.18. The number of hydrogen-bond donors (Lipinski definition) is 2. The van der Waals surface area contributed by atoms with Crippen molar-refractivity contribution in [1.29, 1.82) is 0 Å². The maximum atomic E-state index is 12.1. The molecule has 2 rings (SSSR count). The van der Waals surface area contributed by atoms with E-state index in [-0.39, 0.29) is 23.2 Å². The molecule has 0 saturated heterocycles. The number of nitrogens with zero attached hydrogens (tertiary/aromatic N) is 2. The normalized spacial score (nSPS) is 21.2. The summed E-state index contributed by atoms with van der Waals surface area (Å²) in [5, 5.41) is 15.8. The van der Waals surface area contributed by atoms with E-state index in [0.717, 1.165) is 6.42 Å². The highest BCUT2D eigenvalue weighted by molar-refractivity contribution is 5.92. The van der Waals surface area contributed by atoms with Gasteiger partial charge in [-0.25, -0.2) is 4.68 Å². The number of rotatable bonds is 5. The van der Waals surface area contributed by atoms with Crippen molar-refractivity contribution >= 4 is 11.9 Å². The van der Waals surface area contributed by atoms with Crippen LogP contribution in [0.1, 0.15) is 43.1 Å². The molecule has 7 heteroatoms. The molecule has 0 aliphatic heterocycles. The van der Waals surface area contributed by atoms with Gasteiger partial charge in [0.05, 0.1) is 5.92 Å². The van der Waals surface area contributed by atoms with Gasteiger partial charge >= 0.3 is 5.97 Å². The van der Waals surface area contributed by atoms with Crippen molar-refractivity contribution in [3.05, 3.63) is 28.2 Å². The van der Waals surface area contributed by atoms with Gasteiger partial charge in [0.1, 0.15) is 5.69 Å². The quantitative estimate of drug-likeness (QED) is 0.829. The number of carbonyl (C=O) groups is 2. The van der Waals surface area contributed by atoms with Gasteiger partial charge in [0, 0.05) is 18.7 Å². The molecule has 0 unspecified atom stereocenters. The van der Waals surface area contributed by atoms with E-state index >= 15 is 0 Å². The summed E-state index contributed by atoms with van der Waals surface area (Å²) in [7, 11) is 0. The van der Waals surface area contributed by atoms with Crippen LogP contribution in [0.3, 0.4) is 0 Å². The summed E-state index contributed by atoms with van der Waals surface area (Å²) in [6.45, 7) is 2.38. The predicted molar refractivity (Wildman–Crippen MR) is 75.0 cm³/mol. The summed E-state index contributed by atoms with van der Waals surface area (Å²) >= 11 is 0. The minimum atomic E-state index is -0.818. The Morgan fingerprint density at radius 1 is 1.43 bits per heavy atom. The second-order valence-electron chi connectivity index (χ2n) is 5.30. The molecule has 2 N–H and O–H groups in total. The Bertz CT molecular complexity index is 596. The number of aryl methyl sites for hydroxylation is 1. The zero-order valence-corrected chi connectivity index (χ0v) is 11.9. The van der Waals surface area contributed by atoms with Crippen LogP contribution in [0.4, 0.5) is 0 Å². The van der Waals surface area contributed by atoms with Crippen molar-refractivity contribution in [3.8, 4) is 0 Å². The van der Waals surface area contributed by atoms with Crippen molar-refractivity contribution in [2.24, 2.45) is 5.92 Å². The fraction of sp³-hybridized carbons (Fsp3) is 0.571. The Labute approximate surface area is 122 Å². The molecule has 7 nitrogen and oxygen atoms in total. The van der Waals surface area contributed by atoms with E-state index < -0.39 is 11.9 Å². The van der Waals surface area contributed by atoms with Crippen LogP contribution in [0.25, 0.3) is 0 Å². The van der Waals surface area contributed by atoms with Gasteiger partial charge in [0.25, 0.3) is 11.5 Å². The number of carbonyl (C=O) groups excluding carboxylic acids is 1. The lowest BCUT2D eigenvalue weighted by Crippen LogP contribution is -2.35. The standard InChI is InChI=1S/C14H19N3O4/c1-2-7-17-12(18)6-5-11(16-17)13(19)15-10-4-3-9(8-10)14(20)21/h5-6,9-10H,2-4,7-8H2,1H3,(H,15,19)(H,20,21)/t9-,10-/m1/s1. The van der Waals surface area contributed by atoms with Gasteiger partial charge in [0.2, 0.25) is 0 Å². The summed E-state index contributed by atoms with van der Waals surface area (Å²) in [4.78, 5) is 34.6. The number of nitrogens with one attached hydrogen (secondary N) is 1. The monoisotopic (exact) mass is 293 g/mol. The second-order valence-corrected chi connectivity index (χ2v) is 5.30. The first kappa shape index (κ1) is 15.2. The van der Waals surface area contributed by atoms with Gasteiger partial charge in [-0.2, -0.15) is 5.10 Å². The molecule has 0 spiro atoms. The highest BCUT2D eigenvalue weighted by Gasteiger charge is 2.30. The van der Waals surface area contributed by atoms with E-state index in [4.69, 9.17) is 5.11 Å². The number of aliphatic carboxylic acids is 1. The molecule has 1 aromatic rings. The largest absolute Gasteiger partial charge is 0.481 e. The summed E-state index contributed by atoms with van der Waals surface area (Å²) in [5.41, 5.74) is -0.0537. The lowest BCUT2D eigenvalue weighted by Gasteiger charge is -2.12. The van der Waals surface area contributed by atoms with Crippen LogP contribution in [0.2, 0.25) is 0 Å². The molecule has 1 fully saturated rings. The van der Waals surface area contributed by atoms with Gasteiger partial charge in [0.15, 0.2) is 0 Å². The lowest BCUT2D eigenvalue weighted by atomic mass is 10.1. The first-order chi connectivity index (χ1) is 10.0. The zero-order chi connectivity index (χ0) is 15.4. The molecule has 1 aliphatic rings. The third-order valence-electron chi connectivity index (χ3n) is 3.65. The fourth-order valence-electron chi connectivity index (χ4n) is 2.54. The third-order valence-corrected chi connectivity index (χ3v) is 3.65. The van der Waals surface area contributed by atoms with Crippen LogP contribution in [0, 0.1) is 5.92 Å². The van der Waals surface area contributed by atoms with E-state index in [1.54, 1.807) is 0 Å². The summed E-state index contributed by atoms with van der Waals surface area (Å²) < 4.78 is 1.27. The van der Waals surface area contributed by atoms with Crippen LogP contribution in [0.15, 0.2) is 16.9 Å². The number of aromatic nitrogens is 2. The highest BCUT2D eigenvalue weighted by atomic mass is 16.4. The topological polar surface area (TPSA) is 101 Å². The van der Waals surface area contributed by atoms with E-state index in [1.807, 2.05) is 6.92 Å². The molecule has 1 aliphatic carbocycles. The molecule has 1 amide bonds. The number of carboxylic acids is 1. The average molecular weight is 293 g/mol. The molecule has 0 aromatic carbocycles. The lowest BCUT2D eigenvalue weighted by molar-refractivity contribution is -0.141. The average Bonchev–Trinajstić information content (AvgIpc) is 2.90. The molecule has 1 heterocycles. The smallest absolute Gasteiger partial charge is 0.306 e. The second kappa shape index (κ2) is 6.51. The zero-order valence-electron chi connectivity index (χ0n) is 11.9. The number of carboxylic acid groups (broad SMARTS) is 1. The maximum absolute atomic E-state index is 12.1. The predicted octanol–water partition coefficient (Wildman–Crippen LogP) is 0.636. The van der Waals surface area contributed by atoms with Gasteiger partial charge in [-0.1, -0.05) is 6.92 Å². The molecule has 1 aromatic heterocycles. The van der Waals surface area contributed by atoms with Crippen LogP contribution in [0.5, 0.6) is 0 Å². The number of hydrogen-bond acceptors (Lipinski definition) is 4. The van der Waals surface area contributed by atoms with E-state index in [2.05, 4.69) is 10.4 Å². The van der Waals surface area contributed by atoms with Crippen molar-refractivity contribution in [2.45, 2.75) is 45.2 Å². The minimum Gasteiger partial charge on any atom is -0.481 e. The third kappa shape index (κ3) is 3.68. The number of amides is 1. The Morgan fingerprint density at radius 2 is 2.19 bits per heavy atom. The molecule has 2 atom stereocenters. The molecular weight excluding hydrogens is 274 g/mol. The van der Waals surface area contributed by atoms with Crippen molar-refractivity contribution in [3.63, 3.8) is 0 Å². The maximum Gasteiger partial charge on any atom is 0.306 e. The van der Waals surface area contributed by atoms with Crippen LogP contribution >= 0.6 is 0 Å². The summed E-state index contributed by atoms with van der Waals surface area (Å²) in [5.74, 6) is -1.57. The SMILES string of the molecule is CCCn1nc(C(=O)N[C@@H]2CC[C@@H](C(=O)O)C2)ccc1=O. The molecule has 21 heavy (non-hydrogen) atoms. The van der Waals surface area contributed by atoms with Crippen LogP contribution < -0.4 is 10.9 Å². The van der Waals surface area contributed by atoms with Crippen LogP contribution in [-0.2, 0) is 11.3 Å². The molecule has 114 valence electrons. The van der Waals surface area contributed by atoms with Gasteiger partial charge in [-0.05, 0) is 31.7 Å². The first-order valence-corrected chi connectivity index (χ1v) is 7.13. The molecule has 1 saturated carbocycles. The van der Waals surface area contributed by atoms with Crippen molar-refractivity contribution < 1.29 is 14.7 Å². The van der Waals surface area contributed by atoms with Gasteiger partial charge in [-0.15, -0.1) is 0 Å². The first-order valence-electron chi connectivity index (χ1n) is 7.13. The Kier molecular flexibility index (Phi) is 4.72. The highest BCUT2D eigenvalue weighted by Crippen LogP contribution is 2.25. The van der Waals surface area contributed by atoms with E-state index in [1.165, 1.54) is 16.8 Å². The molecule has 0 bridgehead atoms. The van der Waals surface area contributed by atoms with Crippen molar-refractivity contribution in [1.82, 2.24) is 15.1 Å². The Balaban J connectivity index is 2.02. The molecule has 0 radical (unpaired) electrons. The minimum absolute atomic E-state index is 0.146. The van der Waals surface area contributed by atoms with E-state index in [9.17, 15) is 14.4 Å². The van der Waals surface area contributed by atoms with Crippen LogP contribution in [-0.4, -0.2) is 32.8 Å². The van der Waals surface area contributed by atoms with E-state index in [0.29, 0.717) is 25.8 Å². The summed E-state index contributed by atoms with van der Waals surface area (Å²) in [6, 6.07) is 2.58. The van der Waals surface area contributed by atoms with Crippen molar-refractivity contribution in [2.75, 3.05) is 0 Å².